The number of quaternary nitrogens is 2. The largest absolute Gasteiger partial charge is 0.376 e. The Morgan fingerprint density at radius 1 is 1.31 bits per heavy atom. The summed E-state index contributed by atoms with van der Waals surface area (Å²) in [6, 6.07) is 0. The molecule has 16 heavy (non-hydrogen) atoms. The van der Waals surface area contributed by atoms with Crippen molar-refractivity contribution in [3.63, 3.8) is 0 Å². The fourth-order valence-corrected chi connectivity index (χ4v) is 3.83. The fourth-order valence-electron chi connectivity index (χ4n) is 3.83. The molecule has 2 atom stereocenters. The van der Waals surface area contributed by atoms with Crippen LogP contribution in [0.1, 0.15) is 39.5 Å². The molecule has 0 aromatic carbocycles. The zero-order valence-corrected chi connectivity index (χ0v) is 11.0. The molecule has 2 aliphatic rings. The van der Waals surface area contributed by atoms with E-state index in [-0.39, 0.29) is 5.60 Å². The van der Waals surface area contributed by atoms with E-state index in [1.165, 1.54) is 45.3 Å². The van der Waals surface area contributed by atoms with Crippen LogP contribution in [0.25, 0.3) is 0 Å². The number of nitrogens with one attached hydrogen (secondary N) is 1. The minimum atomic E-state index is 0.102. The van der Waals surface area contributed by atoms with Gasteiger partial charge >= 0.3 is 0 Å². The third-order valence-electron chi connectivity index (χ3n) is 4.32. The van der Waals surface area contributed by atoms with Gasteiger partial charge < -0.3 is 15.4 Å². The molecule has 2 rings (SSSR count). The third kappa shape index (κ3) is 2.76. The second-order valence-electron chi connectivity index (χ2n) is 6.42. The zero-order valence-electron chi connectivity index (χ0n) is 11.0. The molecule has 0 aliphatic carbocycles. The van der Waals surface area contributed by atoms with Gasteiger partial charge in [-0.25, -0.2) is 0 Å². The van der Waals surface area contributed by atoms with E-state index in [1.54, 1.807) is 4.90 Å². The average molecular weight is 228 g/mol. The van der Waals surface area contributed by atoms with E-state index in [4.69, 9.17) is 4.74 Å². The molecule has 1 spiro atoms. The number of ether oxygens (including phenoxy) is 1. The molecule has 94 valence electrons. The Hall–Kier alpha value is -0.120. The van der Waals surface area contributed by atoms with Crippen LogP contribution in [0, 0.1) is 5.41 Å². The Bertz CT molecular complexity index is 236. The van der Waals surface area contributed by atoms with Crippen molar-refractivity contribution in [2.75, 3.05) is 32.8 Å². The fraction of sp³-hybridized carbons (Fsp3) is 1.00. The summed E-state index contributed by atoms with van der Waals surface area (Å²) in [7, 11) is 0. The molecule has 0 aromatic rings. The number of piperidine rings is 1. The summed E-state index contributed by atoms with van der Waals surface area (Å²) >= 11 is 0. The van der Waals surface area contributed by atoms with Crippen molar-refractivity contribution in [3.05, 3.63) is 0 Å². The van der Waals surface area contributed by atoms with Gasteiger partial charge in [0.15, 0.2) is 0 Å². The lowest BCUT2D eigenvalue weighted by molar-refractivity contribution is -0.918. The lowest BCUT2D eigenvalue weighted by Crippen LogP contribution is -3.15. The summed E-state index contributed by atoms with van der Waals surface area (Å²) in [5.74, 6) is 0. The summed E-state index contributed by atoms with van der Waals surface area (Å²) < 4.78 is 5.87. The molecule has 4 N–H and O–H groups in total. The molecule has 1 unspecified atom stereocenters. The molecule has 0 radical (unpaired) electrons. The normalized spacial score (nSPS) is 38.8. The molecule has 3 heteroatoms. The van der Waals surface area contributed by atoms with Crippen molar-refractivity contribution in [1.82, 2.24) is 0 Å². The molecule has 2 aliphatic heterocycles. The molecular formula is C13H28N2O+2. The van der Waals surface area contributed by atoms with E-state index < -0.39 is 0 Å². The highest BCUT2D eigenvalue weighted by Crippen LogP contribution is 2.42. The lowest BCUT2D eigenvalue weighted by Gasteiger charge is -2.47. The molecule has 0 saturated carbocycles. The van der Waals surface area contributed by atoms with Crippen LogP contribution in [0.5, 0.6) is 0 Å². The molecule has 2 fully saturated rings. The number of hydrogen-bond acceptors (Lipinski definition) is 1. The van der Waals surface area contributed by atoms with Crippen molar-refractivity contribution in [2.45, 2.75) is 45.1 Å². The SMILES string of the molecule is CC1(C)C[C@@]2(CCC[NH+](CC[NH3+])C2)CCO1. The van der Waals surface area contributed by atoms with E-state index in [0.717, 1.165) is 13.2 Å². The van der Waals surface area contributed by atoms with Crippen LogP contribution in [0.4, 0.5) is 0 Å². The predicted octanol–water partition coefficient (Wildman–Crippen LogP) is -0.518. The van der Waals surface area contributed by atoms with Gasteiger partial charge in [0.2, 0.25) is 0 Å². The summed E-state index contributed by atoms with van der Waals surface area (Å²) in [5, 5.41) is 0. The topological polar surface area (TPSA) is 41.3 Å². The van der Waals surface area contributed by atoms with Gasteiger partial charge in [0.05, 0.1) is 18.7 Å². The summed E-state index contributed by atoms with van der Waals surface area (Å²) in [6.45, 7) is 10.5. The summed E-state index contributed by atoms with van der Waals surface area (Å²) in [4.78, 5) is 1.78. The molecule has 3 nitrogen and oxygen atoms in total. The van der Waals surface area contributed by atoms with Crippen LogP contribution >= 0.6 is 0 Å². The minimum Gasteiger partial charge on any atom is -0.376 e. The van der Waals surface area contributed by atoms with Crippen LogP contribution in [0.3, 0.4) is 0 Å². The van der Waals surface area contributed by atoms with E-state index in [0.29, 0.717) is 5.41 Å². The van der Waals surface area contributed by atoms with Crippen LogP contribution in [0.2, 0.25) is 0 Å². The van der Waals surface area contributed by atoms with E-state index in [1.807, 2.05) is 0 Å². The van der Waals surface area contributed by atoms with E-state index >= 15 is 0 Å². The Morgan fingerprint density at radius 3 is 2.81 bits per heavy atom. The van der Waals surface area contributed by atoms with Crippen molar-refractivity contribution >= 4 is 0 Å². The van der Waals surface area contributed by atoms with Crippen molar-refractivity contribution in [3.8, 4) is 0 Å². The molecule has 0 amide bonds. The first-order chi connectivity index (χ1) is 7.55. The lowest BCUT2D eigenvalue weighted by atomic mass is 9.69. The second-order valence-corrected chi connectivity index (χ2v) is 6.42. The van der Waals surface area contributed by atoms with Gasteiger partial charge in [0.1, 0.15) is 13.1 Å². The standard InChI is InChI=1S/C13H26N2O/c1-12(2)10-13(5-9-16-12)4-3-7-15(11-13)8-6-14/h3-11,14H2,1-2H3/p+2/t13-/m1/s1. The second kappa shape index (κ2) is 4.63. The first-order valence-corrected chi connectivity index (χ1v) is 6.82. The zero-order chi connectivity index (χ0) is 11.6. The van der Waals surface area contributed by atoms with Gasteiger partial charge in [-0.15, -0.1) is 0 Å². The Kier molecular flexibility index (Phi) is 3.57. The van der Waals surface area contributed by atoms with Gasteiger partial charge in [-0.3, -0.25) is 0 Å². The van der Waals surface area contributed by atoms with Crippen molar-refractivity contribution in [2.24, 2.45) is 5.41 Å². The summed E-state index contributed by atoms with van der Waals surface area (Å²) in [5.41, 5.74) is 4.67. The number of rotatable bonds is 2. The smallest absolute Gasteiger partial charge is 0.127 e. The highest BCUT2D eigenvalue weighted by atomic mass is 16.5. The monoisotopic (exact) mass is 228 g/mol. The van der Waals surface area contributed by atoms with Crippen LogP contribution in [0.15, 0.2) is 0 Å². The number of likely N-dealkylation sites (tertiary alicyclic amines) is 1. The first kappa shape index (κ1) is 12.3. The molecule has 0 aromatic heterocycles. The quantitative estimate of drug-likeness (QED) is 0.656. The van der Waals surface area contributed by atoms with E-state index in [2.05, 4.69) is 19.6 Å². The molecule has 2 saturated heterocycles. The Morgan fingerprint density at radius 2 is 2.12 bits per heavy atom. The van der Waals surface area contributed by atoms with Gasteiger partial charge in [0.25, 0.3) is 0 Å². The first-order valence-electron chi connectivity index (χ1n) is 6.82. The van der Waals surface area contributed by atoms with Gasteiger partial charge in [-0.2, -0.15) is 0 Å². The highest BCUT2D eigenvalue weighted by Gasteiger charge is 2.45. The van der Waals surface area contributed by atoms with Gasteiger partial charge in [-0.1, -0.05) is 0 Å². The number of hydrogen-bond donors (Lipinski definition) is 2. The van der Waals surface area contributed by atoms with Crippen LogP contribution < -0.4 is 10.6 Å². The van der Waals surface area contributed by atoms with Crippen LogP contribution in [-0.2, 0) is 4.74 Å². The molecule has 2 heterocycles. The van der Waals surface area contributed by atoms with Crippen molar-refractivity contribution < 1.29 is 15.4 Å². The minimum absolute atomic E-state index is 0.102. The molecular weight excluding hydrogens is 200 g/mol. The Labute approximate surface area is 99.3 Å². The Balaban J connectivity index is 2.00. The maximum absolute atomic E-state index is 5.87. The maximum atomic E-state index is 5.87. The maximum Gasteiger partial charge on any atom is 0.127 e. The average Bonchev–Trinajstić information content (AvgIpc) is 2.16. The third-order valence-corrected chi connectivity index (χ3v) is 4.32. The highest BCUT2D eigenvalue weighted by molar-refractivity contribution is 4.91. The predicted molar refractivity (Wildman–Crippen MR) is 64.3 cm³/mol. The molecule has 0 bridgehead atoms. The van der Waals surface area contributed by atoms with E-state index in [9.17, 15) is 0 Å². The summed E-state index contributed by atoms with van der Waals surface area (Å²) in [6.07, 6.45) is 5.34. The van der Waals surface area contributed by atoms with Crippen molar-refractivity contribution in [1.29, 1.82) is 0 Å². The van der Waals surface area contributed by atoms with Gasteiger partial charge in [0, 0.05) is 12.0 Å². The van der Waals surface area contributed by atoms with Gasteiger partial charge in [-0.05, 0) is 39.5 Å². The van der Waals surface area contributed by atoms with Crippen LogP contribution in [-0.4, -0.2) is 38.4 Å².